The van der Waals surface area contributed by atoms with E-state index < -0.39 is 16.4 Å². The molecule has 0 saturated carbocycles. The Labute approximate surface area is 106 Å². The highest BCUT2D eigenvalue weighted by Gasteiger charge is 2.20. The van der Waals surface area contributed by atoms with Crippen LogP contribution in [0.3, 0.4) is 0 Å². The number of nitrogens with zero attached hydrogens (tertiary/aromatic N) is 1. The molecule has 1 rings (SSSR count). The number of hydrogen-bond acceptors (Lipinski definition) is 3. The molecular formula is C13H19FN2O2. The minimum atomic E-state index is -0.710. The zero-order valence-electron chi connectivity index (χ0n) is 10.9. The van der Waals surface area contributed by atoms with Crippen molar-refractivity contribution >= 4 is 5.69 Å². The number of nitro groups is 1. The summed E-state index contributed by atoms with van der Waals surface area (Å²) in [5, 5.41) is 13.9. The van der Waals surface area contributed by atoms with Gasteiger partial charge in [-0.1, -0.05) is 26.0 Å². The summed E-state index contributed by atoms with van der Waals surface area (Å²) in [5.41, 5.74) is -0.0442. The third-order valence-corrected chi connectivity index (χ3v) is 3.18. The van der Waals surface area contributed by atoms with Crippen molar-refractivity contribution in [1.29, 1.82) is 0 Å². The first-order valence-corrected chi connectivity index (χ1v) is 6.12. The molecule has 0 spiro atoms. The van der Waals surface area contributed by atoms with Crippen LogP contribution < -0.4 is 5.32 Å². The van der Waals surface area contributed by atoms with Gasteiger partial charge in [0.15, 0.2) is 0 Å². The van der Waals surface area contributed by atoms with E-state index >= 15 is 0 Å². The quantitative estimate of drug-likeness (QED) is 0.627. The summed E-state index contributed by atoms with van der Waals surface area (Å²) in [5.74, 6) is -0.500. The van der Waals surface area contributed by atoms with Crippen LogP contribution >= 0.6 is 0 Å². The summed E-state index contributed by atoms with van der Waals surface area (Å²) in [6.45, 7) is 6.90. The maximum Gasteiger partial charge on any atom is 0.305 e. The predicted molar refractivity (Wildman–Crippen MR) is 69.1 cm³/mol. The van der Waals surface area contributed by atoms with E-state index in [1.165, 1.54) is 12.1 Å². The van der Waals surface area contributed by atoms with Crippen molar-refractivity contribution in [2.45, 2.75) is 33.2 Å². The highest BCUT2D eigenvalue weighted by Crippen LogP contribution is 2.23. The lowest BCUT2D eigenvalue weighted by Crippen LogP contribution is -2.33. The molecule has 2 unspecified atom stereocenters. The number of rotatable bonds is 6. The van der Waals surface area contributed by atoms with Crippen molar-refractivity contribution in [2.24, 2.45) is 5.92 Å². The van der Waals surface area contributed by atoms with Crippen molar-refractivity contribution in [1.82, 2.24) is 5.32 Å². The summed E-state index contributed by atoms with van der Waals surface area (Å²) >= 11 is 0. The number of benzene rings is 1. The van der Waals surface area contributed by atoms with Gasteiger partial charge in [0, 0.05) is 12.1 Å². The topological polar surface area (TPSA) is 55.2 Å². The molecule has 0 saturated heterocycles. The Morgan fingerprint density at radius 3 is 2.67 bits per heavy atom. The van der Waals surface area contributed by atoms with E-state index in [1.807, 2.05) is 20.8 Å². The zero-order valence-corrected chi connectivity index (χ0v) is 10.9. The second-order valence-electron chi connectivity index (χ2n) is 4.54. The smallest absolute Gasteiger partial charge is 0.305 e. The predicted octanol–water partition coefficient (Wildman–Crippen LogP) is 2.91. The molecule has 18 heavy (non-hydrogen) atoms. The lowest BCUT2D eigenvalue weighted by Gasteiger charge is -2.20. The molecule has 1 N–H and O–H groups in total. The second kappa shape index (κ2) is 6.44. The fraction of sp³-hybridized carbons (Fsp3) is 0.538. The molecule has 100 valence electrons. The summed E-state index contributed by atoms with van der Waals surface area (Å²) in [4.78, 5) is 9.97. The van der Waals surface area contributed by atoms with Crippen molar-refractivity contribution < 1.29 is 9.31 Å². The molecule has 1 aromatic rings. The molecule has 2 atom stereocenters. The van der Waals surface area contributed by atoms with Crippen LogP contribution in [0.25, 0.3) is 0 Å². The minimum Gasteiger partial charge on any atom is -0.314 e. The van der Waals surface area contributed by atoms with Crippen LogP contribution in [0.15, 0.2) is 18.2 Å². The Balaban J connectivity index is 2.85. The maximum absolute atomic E-state index is 13.9. The fourth-order valence-electron chi connectivity index (χ4n) is 1.91. The van der Waals surface area contributed by atoms with Crippen LogP contribution in [0, 0.1) is 21.8 Å². The van der Waals surface area contributed by atoms with E-state index in [1.54, 1.807) is 6.07 Å². The summed E-state index contributed by atoms with van der Waals surface area (Å²) in [7, 11) is 0. The molecule has 4 nitrogen and oxygen atoms in total. The molecule has 5 heteroatoms. The second-order valence-corrected chi connectivity index (χ2v) is 4.54. The third-order valence-electron chi connectivity index (χ3n) is 3.18. The van der Waals surface area contributed by atoms with E-state index in [0.717, 1.165) is 6.54 Å². The van der Waals surface area contributed by atoms with Crippen LogP contribution in [-0.2, 0) is 6.42 Å². The van der Waals surface area contributed by atoms with Crippen LogP contribution in [-0.4, -0.2) is 17.5 Å². The van der Waals surface area contributed by atoms with Gasteiger partial charge in [-0.3, -0.25) is 10.1 Å². The Kier molecular flexibility index (Phi) is 5.22. The van der Waals surface area contributed by atoms with Gasteiger partial charge in [-0.05, 0) is 31.4 Å². The third kappa shape index (κ3) is 3.50. The lowest BCUT2D eigenvalue weighted by atomic mass is 9.94. The molecule has 0 fully saturated rings. The van der Waals surface area contributed by atoms with Gasteiger partial charge in [0.05, 0.1) is 4.92 Å². The Morgan fingerprint density at radius 2 is 2.11 bits per heavy atom. The lowest BCUT2D eigenvalue weighted by molar-refractivity contribution is -0.387. The van der Waals surface area contributed by atoms with Gasteiger partial charge < -0.3 is 5.32 Å². The Hall–Kier alpha value is -1.49. The first-order valence-electron chi connectivity index (χ1n) is 6.12. The summed E-state index contributed by atoms with van der Waals surface area (Å²) in [6.07, 6.45) is 0.488. The van der Waals surface area contributed by atoms with Gasteiger partial charge in [-0.25, -0.2) is 0 Å². The van der Waals surface area contributed by atoms with E-state index in [-0.39, 0.29) is 12.0 Å². The maximum atomic E-state index is 13.9. The molecule has 0 heterocycles. The van der Waals surface area contributed by atoms with E-state index in [0.29, 0.717) is 12.0 Å². The molecular weight excluding hydrogens is 235 g/mol. The number of hydrogen-bond donors (Lipinski definition) is 1. The van der Waals surface area contributed by atoms with Gasteiger partial charge in [0.2, 0.25) is 5.82 Å². The molecule has 0 aromatic heterocycles. The van der Waals surface area contributed by atoms with E-state index in [9.17, 15) is 14.5 Å². The first kappa shape index (κ1) is 14.6. The molecule has 0 aliphatic carbocycles. The van der Waals surface area contributed by atoms with E-state index in [4.69, 9.17) is 0 Å². The van der Waals surface area contributed by atoms with Gasteiger partial charge in [-0.2, -0.15) is 4.39 Å². The van der Waals surface area contributed by atoms with E-state index in [2.05, 4.69) is 5.32 Å². The first-order chi connectivity index (χ1) is 8.47. The average Bonchev–Trinajstić information content (AvgIpc) is 2.31. The van der Waals surface area contributed by atoms with Crippen LogP contribution in [0.2, 0.25) is 0 Å². The molecule has 0 aliphatic heterocycles. The molecule has 0 bridgehead atoms. The standard InChI is InChI=1S/C13H19FN2O2/c1-4-15-10(3)9(2)8-11-6-5-7-12(13(11)14)16(17)18/h5-7,9-10,15H,4,8H2,1-3H3. The summed E-state index contributed by atoms with van der Waals surface area (Å²) < 4.78 is 13.9. The summed E-state index contributed by atoms with van der Waals surface area (Å²) in [6, 6.07) is 4.57. The van der Waals surface area contributed by atoms with Gasteiger partial charge in [0.1, 0.15) is 0 Å². The van der Waals surface area contributed by atoms with Crippen LogP contribution in [0.5, 0.6) is 0 Å². The van der Waals surface area contributed by atoms with Crippen molar-refractivity contribution in [3.63, 3.8) is 0 Å². The van der Waals surface area contributed by atoms with Gasteiger partial charge in [-0.15, -0.1) is 0 Å². The van der Waals surface area contributed by atoms with Crippen molar-refractivity contribution in [2.75, 3.05) is 6.54 Å². The molecule has 0 radical (unpaired) electrons. The van der Waals surface area contributed by atoms with Crippen LogP contribution in [0.1, 0.15) is 26.3 Å². The number of nitro benzene ring substituents is 1. The Morgan fingerprint density at radius 1 is 1.44 bits per heavy atom. The normalized spacial score (nSPS) is 14.2. The molecule has 1 aromatic carbocycles. The largest absolute Gasteiger partial charge is 0.314 e. The highest BCUT2D eigenvalue weighted by atomic mass is 19.1. The fourth-order valence-corrected chi connectivity index (χ4v) is 1.91. The van der Waals surface area contributed by atoms with Crippen LogP contribution in [0.4, 0.5) is 10.1 Å². The van der Waals surface area contributed by atoms with Gasteiger partial charge >= 0.3 is 5.69 Å². The van der Waals surface area contributed by atoms with Crippen molar-refractivity contribution in [3.05, 3.63) is 39.7 Å². The monoisotopic (exact) mass is 254 g/mol. The number of halogens is 1. The minimum absolute atomic E-state index is 0.210. The zero-order chi connectivity index (χ0) is 13.7. The molecule has 0 aliphatic rings. The highest BCUT2D eigenvalue weighted by molar-refractivity contribution is 5.37. The van der Waals surface area contributed by atoms with Crippen molar-refractivity contribution in [3.8, 4) is 0 Å². The molecule has 0 amide bonds. The number of nitrogens with one attached hydrogen (secondary N) is 1. The Bertz CT molecular complexity index is 423. The van der Waals surface area contributed by atoms with Gasteiger partial charge in [0.25, 0.3) is 0 Å². The average molecular weight is 254 g/mol. The SMILES string of the molecule is CCNC(C)C(C)Cc1cccc([N+](=O)[O-])c1F.